The maximum atomic E-state index is 3.56. The lowest BCUT2D eigenvalue weighted by molar-refractivity contribution is 1.31. The highest BCUT2D eigenvalue weighted by atomic mass is 13.8. The first-order valence-electron chi connectivity index (χ1n) is 1.88. The van der Waals surface area contributed by atoms with E-state index >= 15 is 0 Å². The van der Waals surface area contributed by atoms with Crippen LogP contribution in [0.25, 0.3) is 0 Å². The molecular weight excluding hydrogens is 72.1 g/mol. The third-order valence-electron chi connectivity index (χ3n) is 0.433. The van der Waals surface area contributed by atoms with Gasteiger partial charge in [-0.2, -0.15) is 0 Å². The molecule has 0 bridgehead atoms. The van der Waals surface area contributed by atoms with Crippen molar-refractivity contribution in [2.45, 2.75) is 6.42 Å². The lowest BCUT2D eigenvalue weighted by Gasteiger charge is -1.82. The topological polar surface area (TPSA) is 0 Å². The molecule has 1 radical (unpaired) electrons. The highest BCUT2D eigenvalue weighted by Crippen LogP contribution is 1.91. The van der Waals surface area contributed by atoms with Crippen molar-refractivity contribution in [3.63, 3.8) is 0 Å². The van der Waals surface area contributed by atoms with Gasteiger partial charge >= 0.3 is 0 Å². The van der Waals surface area contributed by atoms with E-state index in [2.05, 4.69) is 20.1 Å². The largest absolute Gasteiger partial charge is 0.103 e. The smallest absolute Gasteiger partial charge is 0.0144 e. The van der Waals surface area contributed by atoms with Crippen molar-refractivity contribution in [1.29, 1.82) is 0 Å². The summed E-state index contributed by atoms with van der Waals surface area (Å²) in [6, 6.07) is 0. The van der Waals surface area contributed by atoms with E-state index < -0.39 is 0 Å². The van der Waals surface area contributed by atoms with E-state index in [0.29, 0.717) is 0 Å². The molecule has 0 aliphatic carbocycles. The van der Waals surface area contributed by atoms with Crippen LogP contribution in [0.15, 0.2) is 24.8 Å². The van der Waals surface area contributed by atoms with Crippen LogP contribution < -0.4 is 0 Å². The minimum atomic E-state index is 0.833. The molecule has 0 heterocycles. The van der Waals surface area contributed by atoms with Gasteiger partial charge in [0.15, 0.2) is 0 Å². The summed E-state index contributed by atoms with van der Waals surface area (Å²) in [6.07, 6.45) is 2.62. The summed E-state index contributed by atoms with van der Waals surface area (Å²) < 4.78 is 0. The van der Waals surface area contributed by atoms with Crippen LogP contribution in [0, 0.1) is 6.92 Å². The molecule has 0 N–H and O–H groups in total. The van der Waals surface area contributed by atoms with Gasteiger partial charge in [-0.3, -0.25) is 0 Å². The summed E-state index contributed by atoms with van der Waals surface area (Å²) in [5.74, 6) is 0. The maximum Gasteiger partial charge on any atom is -0.0144 e. The molecule has 0 rings (SSSR count). The fourth-order valence-corrected chi connectivity index (χ4v) is 0.204. The Morgan fingerprint density at radius 1 is 1.67 bits per heavy atom. The summed E-state index contributed by atoms with van der Waals surface area (Å²) >= 11 is 0. The van der Waals surface area contributed by atoms with Crippen LogP contribution in [-0.4, -0.2) is 0 Å². The van der Waals surface area contributed by atoms with E-state index in [1.165, 1.54) is 0 Å². The SMILES string of the molecule is [CH2]C(=C)CC=C. The fourth-order valence-electron chi connectivity index (χ4n) is 0.204. The quantitative estimate of drug-likeness (QED) is 0.446. The first kappa shape index (κ1) is 5.48. The maximum absolute atomic E-state index is 3.56. The van der Waals surface area contributed by atoms with Crippen LogP contribution in [0.1, 0.15) is 6.42 Å². The second kappa shape index (κ2) is 2.70. The molecule has 0 saturated heterocycles. The molecule has 0 amide bonds. The van der Waals surface area contributed by atoms with Crippen LogP contribution in [0.2, 0.25) is 0 Å². The van der Waals surface area contributed by atoms with E-state index in [0.717, 1.165) is 12.0 Å². The Balaban J connectivity index is 3.05. The van der Waals surface area contributed by atoms with Gasteiger partial charge in [0.1, 0.15) is 0 Å². The van der Waals surface area contributed by atoms with Gasteiger partial charge in [0, 0.05) is 0 Å². The first-order valence-corrected chi connectivity index (χ1v) is 1.88. The number of hydrogen-bond acceptors (Lipinski definition) is 0. The monoisotopic (exact) mass is 81.1 g/mol. The number of hydrogen-bond donors (Lipinski definition) is 0. The summed E-state index contributed by atoms with van der Waals surface area (Å²) in [6.45, 7) is 10.6. The van der Waals surface area contributed by atoms with Crippen molar-refractivity contribution in [3.8, 4) is 0 Å². The Hall–Kier alpha value is -0.520. The minimum Gasteiger partial charge on any atom is -0.103 e. The molecule has 0 spiro atoms. The molecule has 0 aromatic heterocycles. The van der Waals surface area contributed by atoms with Crippen molar-refractivity contribution in [3.05, 3.63) is 31.7 Å². The molecule has 0 fully saturated rings. The van der Waals surface area contributed by atoms with Gasteiger partial charge in [-0.05, 0) is 13.3 Å². The molecule has 0 saturated carbocycles. The van der Waals surface area contributed by atoms with Gasteiger partial charge in [-0.25, -0.2) is 0 Å². The van der Waals surface area contributed by atoms with Crippen molar-refractivity contribution in [2.24, 2.45) is 0 Å². The van der Waals surface area contributed by atoms with Crippen LogP contribution in [0.5, 0.6) is 0 Å². The van der Waals surface area contributed by atoms with E-state index in [9.17, 15) is 0 Å². The normalized spacial score (nSPS) is 7.50. The van der Waals surface area contributed by atoms with Gasteiger partial charge in [-0.15, -0.1) is 6.58 Å². The Morgan fingerprint density at radius 3 is 2.17 bits per heavy atom. The van der Waals surface area contributed by atoms with Crippen molar-refractivity contribution in [1.82, 2.24) is 0 Å². The molecule has 0 nitrogen and oxygen atoms in total. The Bertz CT molecular complexity index is 60.4. The average Bonchev–Trinajstić information content (AvgIpc) is 1.35. The zero-order valence-corrected chi connectivity index (χ0v) is 3.91. The second-order valence-electron chi connectivity index (χ2n) is 1.24. The fraction of sp³-hybridized carbons (Fsp3) is 0.167. The zero-order valence-electron chi connectivity index (χ0n) is 3.91. The highest BCUT2D eigenvalue weighted by Gasteiger charge is 1.71. The Labute approximate surface area is 39.2 Å². The lowest BCUT2D eigenvalue weighted by Crippen LogP contribution is -1.62. The van der Waals surface area contributed by atoms with Crippen molar-refractivity contribution >= 4 is 0 Å². The van der Waals surface area contributed by atoms with Crippen LogP contribution in [-0.2, 0) is 0 Å². The first-order chi connectivity index (χ1) is 2.77. The van der Waals surface area contributed by atoms with Gasteiger partial charge in [0.2, 0.25) is 0 Å². The summed E-state index contributed by atoms with van der Waals surface area (Å²) in [5, 5.41) is 0. The summed E-state index contributed by atoms with van der Waals surface area (Å²) in [7, 11) is 0. The van der Waals surface area contributed by atoms with E-state index in [-0.39, 0.29) is 0 Å². The number of allylic oxidation sites excluding steroid dienone is 2. The predicted molar refractivity (Wildman–Crippen MR) is 29.3 cm³/mol. The predicted octanol–water partition coefficient (Wildman–Crippen LogP) is 1.95. The molecule has 0 atom stereocenters. The van der Waals surface area contributed by atoms with Gasteiger partial charge in [-0.1, -0.05) is 18.2 Å². The lowest BCUT2D eigenvalue weighted by atomic mass is 10.2. The number of rotatable bonds is 2. The standard InChI is InChI=1S/C6H9/c1-4-5-6(2)3/h4H,1-3,5H2. The molecule has 0 unspecified atom stereocenters. The van der Waals surface area contributed by atoms with Crippen molar-refractivity contribution < 1.29 is 0 Å². The van der Waals surface area contributed by atoms with Gasteiger partial charge in [0.05, 0.1) is 0 Å². The average molecular weight is 81.1 g/mol. The van der Waals surface area contributed by atoms with E-state index in [1.54, 1.807) is 6.08 Å². The van der Waals surface area contributed by atoms with E-state index in [1.807, 2.05) is 0 Å². The second-order valence-corrected chi connectivity index (χ2v) is 1.24. The molecule has 33 valence electrons. The van der Waals surface area contributed by atoms with Gasteiger partial charge in [0.25, 0.3) is 0 Å². The third-order valence-corrected chi connectivity index (χ3v) is 0.433. The molecule has 0 aliphatic rings. The van der Waals surface area contributed by atoms with Gasteiger partial charge < -0.3 is 0 Å². The summed E-state index contributed by atoms with van der Waals surface area (Å²) in [4.78, 5) is 0. The molecule has 0 aromatic rings. The molecular formula is C6H9. The minimum absolute atomic E-state index is 0.833. The van der Waals surface area contributed by atoms with Crippen LogP contribution >= 0.6 is 0 Å². The summed E-state index contributed by atoms with van der Waals surface area (Å²) in [5.41, 5.74) is 0.921. The molecule has 0 heteroatoms. The molecule has 0 aliphatic heterocycles. The molecule has 6 heavy (non-hydrogen) atoms. The Morgan fingerprint density at radius 2 is 2.17 bits per heavy atom. The Kier molecular flexibility index (Phi) is 2.47. The van der Waals surface area contributed by atoms with Crippen LogP contribution in [0.3, 0.4) is 0 Å². The third kappa shape index (κ3) is 3.48. The van der Waals surface area contributed by atoms with E-state index in [4.69, 9.17) is 0 Å². The zero-order chi connectivity index (χ0) is 4.99. The molecule has 0 aromatic carbocycles. The van der Waals surface area contributed by atoms with Crippen LogP contribution in [0.4, 0.5) is 0 Å². The van der Waals surface area contributed by atoms with Crippen molar-refractivity contribution in [2.75, 3.05) is 0 Å². The highest BCUT2D eigenvalue weighted by molar-refractivity contribution is 5.02.